The molecule has 0 spiro atoms. The van der Waals surface area contributed by atoms with Crippen LogP contribution in [0.4, 0.5) is 5.82 Å². The van der Waals surface area contributed by atoms with Gasteiger partial charge in [0.1, 0.15) is 18.1 Å². The average molecular weight is 380 g/mol. The lowest BCUT2D eigenvalue weighted by Gasteiger charge is -2.24. The number of carbonyl (C=O) groups is 1. The number of nitrogens with zero attached hydrogens (tertiary/aromatic N) is 3. The standard InChI is InChI=1S/C19H33N5O3/c1-12(2)13(3)15-7-8-17(27-15)24-11-9-16(21)23-19(24)22-10-5-4-6-14(20)18(25)26/h9,11-15,17H,4-8,10,20H2,1-3H3,(H,25,26)(H2,21,22,23)/t13?,14?,15?,17-/m1/s1. The molecule has 0 saturated carbocycles. The van der Waals surface area contributed by atoms with E-state index in [-0.39, 0.29) is 12.3 Å². The third-order valence-corrected chi connectivity index (χ3v) is 5.34. The Kier molecular flexibility index (Phi) is 7.79. The van der Waals surface area contributed by atoms with Gasteiger partial charge in [0.25, 0.3) is 0 Å². The summed E-state index contributed by atoms with van der Waals surface area (Å²) in [6, 6.07) is 0.945. The van der Waals surface area contributed by atoms with Crippen molar-refractivity contribution in [3.8, 4) is 0 Å². The van der Waals surface area contributed by atoms with E-state index < -0.39 is 12.0 Å². The monoisotopic (exact) mass is 379 g/mol. The zero-order valence-corrected chi connectivity index (χ0v) is 16.5. The largest absolute Gasteiger partial charge is 0.480 e. The summed E-state index contributed by atoms with van der Waals surface area (Å²) in [7, 11) is 0. The van der Waals surface area contributed by atoms with Gasteiger partial charge < -0.3 is 21.3 Å². The van der Waals surface area contributed by atoms with Gasteiger partial charge in [-0.25, -0.2) is 0 Å². The molecule has 1 fully saturated rings. The normalized spacial score (nSPS) is 22.9. The molecule has 5 N–H and O–H groups in total. The zero-order valence-electron chi connectivity index (χ0n) is 16.5. The van der Waals surface area contributed by atoms with Crippen molar-refractivity contribution >= 4 is 11.8 Å². The second kappa shape index (κ2) is 9.85. The van der Waals surface area contributed by atoms with Crippen LogP contribution in [0, 0.1) is 11.8 Å². The van der Waals surface area contributed by atoms with Crippen LogP contribution in [-0.4, -0.2) is 39.3 Å². The van der Waals surface area contributed by atoms with Gasteiger partial charge in [-0.3, -0.25) is 14.4 Å². The molecule has 1 aliphatic heterocycles. The molecule has 0 amide bonds. The molecule has 1 aromatic heterocycles. The van der Waals surface area contributed by atoms with Crippen LogP contribution >= 0.6 is 0 Å². The van der Waals surface area contributed by atoms with Gasteiger partial charge in [-0.2, -0.15) is 4.98 Å². The van der Waals surface area contributed by atoms with Crippen LogP contribution in [0.3, 0.4) is 0 Å². The van der Waals surface area contributed by atoms with E-state index in [2.05, 4.69) is 30.7 Å². The number of ether oxygens (including phenoxy) is 1. The Morgan fingerprint density at radius 2 is 2.15 bits per heavy atom. The number of nitrogens with two attached hydrogens (primary N) is 2. The number of unbranched alkanes of at least 4 members (excludes halogenated alkanes) is 1. The number of aliphatic carboxylic acids is 1. The summed E-state index contributed by atoms with van der Waals surface area (Å²) in [5.74, 6) is 0.523. The van der Waals surface area contributed by atoms with Crippen LogP contribution in [0.25, 0.3) is 0 Å². The van der Waals surface area contributed by atoms with Gasteiger partial charge in [-0.15, -0.1) is 0 Å². The Hall–Kier alpha value is -1.93. The van der Waals surface area contributed by atoms with Crippen molar-refractivity contribution in [2.24, 2.45) is 22.6 Å². The van der Waals surface area contributed by atoms with Gasteiger partial charge in [-0.1, -0.05) is 20.8 Å². The lowest BCUT2D eigenvalue weighted by Crippen LogP contribution is -2.30. The summed E-state index contributed by atoms with van der Waals surface area (Å²) in [6.45, 7) is 7.21. The molecule has 0 aliphatic carbocycles. The summed E-state index contributed by atoms with van der Waals surface area (Å²) >= 11 is 0. The number of aromatic nitrogens is 2. The van der Waals surface area contributed by atoms with E-state index in [0.717, 1.165) is 19.3 Å². The Morgan fingerprint density at radius 1 is 1.41 bits per heavy atom. The third-order valence-electron chi connectivity index (χ3n) is 5.34. The maximum absolute atomic E-state index is 10.7. The van der Waals surface area contributed by atoms with E-state index in [4.69, 9.17) is 21.3 Å². The molecule has 152 valence electrons. The van der Waals surface area contributed by atoms with E-state index in [1.165, 1.54) is 0 Å². The van der Waals surface area contributed by atoms with Crippen LogP contribution in [0.1, 0.15) is 59.1 Å². The molecule has 1 aromatic rings. The van der Waals surface area contributed by atoms with Crippen LogP contribution in [0.2, 0.25) is 0 Å². The minimum Gasteiger partial charge on any atom is -0.480 e. The van der Waals surface area contributed by atoms with E-state index in [1.54, 1.807) is 6.07 Å². The molecular formula is C19H33N5O3. The molecule has 3 unspecified atom stereocenters. The van der Waals surface area contributed by atoms with Crippen molar-refractivity contribution in [1.82, 2.24) is 9.55 Å². The van der Waals surface area contributed by atoms with Crippen molar-refractivity contribution in [2.75, 3.05) is 12.3 Å². The Bertz CT molecular complexity index is 688. The van der Waals surface area contributed by atoms with E-state index >= 15 is 0 Å². The molecule has 0 radical (unpaired) electrons. The number of carboxylic acid groups (broad SMARTS) is 1. The Labute approximate surface area is 160 Å². The van der Waals surface area contributed by atoms with Crippen LogP contribution in [0.5, 0.6) is 0 Å². The summed E-state index contributed by atoms with van der Waals surface area (Å²) in [5, 5.41) is 8.81. The zero-order chi connectivity index (χ0) is 20.0. The summed E-state index contributed by atoms with van der Waals surface area (Å²) in [4.78, 5) is 19.7. The first-order chi connectivity index (χ1) is 12.8. The first kappa shape index (κ1) is 21.4. The average Bonchev–Trinajstić information content (AvgIpc) is 3.10. The highest BCUT2D eigenvalue weighted by Gasteiger charge is 2.31. The van der Waals surface area contributed by atoms with Gasteiger partial charge in [0.05, 0.1) is 6.10 Å². The molecule has 0 bridgehead atoms. The highest BCUT2D eigenvalue weighted by atomic mass is 16.5. The maximum atomic E-state index is 10.7. The molecule has 2 rings (SSSR count). The Balaban J connectivity index is 2.01. The first-order valence-electron chi connectivity index (χ1n) is 9.78. The van der Waals surface area contributed by atoms with Crippen molar-refractivity contribution in [2.45, 2.75) is 71.2 Å². The molecule has 1 aliphatic rings. The quantitative estimate of drug-likeness (QED) is 0.562. The lowest BCUT2D eigenvalue weighted by atomic mass is 9.91. The van der Waals surface area contributed by atoms with Crippen molar-refractivity contribution in [1.29, 1.82) is 0 Å². The summed E-state index contributed by atoms with van der Waals surface area (Å²) in [6.07, 6.45) is 5.88. The van der Waals surface area contributed by atoms with Gasteiger partial charge in [0, 0.05) is 12.7 Å². The Morgan fingerprint density at radius 3 is 2.81 bits per heavy atom. The van der Waals surface area contributed by atoms with Crippen molar-refractivity contribution < 1.29 is 14.6 Å². The number of rotatable bonds is 9. The summed E-state index contributed by atoms with van der Waals surface area (Å²) < 4.78 is 8.23. The summed E-state index contributed by atoms with van der Waals surface area (Å²) in [5.41, 5.74) is 11.9. The predicted octanol–water partition coefficient (Wildman–Crippen LogP) is 1.92. The molecule has 8 heteroatoms. The third kappa shape index (κ3) is 6.04. The molecule has 1 saturated heterocycles. The molecular weight excluding hydrogens is 346 g/mol. The molecule has 0 aromatic carbocycles. The van der Waals surface area contributed by atoms with Gasteiger partial charge in [-0.05, 0) is 50.0 Å². The fraction of sp³-hybridized carbons (Fsp3) is 0.737. The predicted molar refractivity (Wildman–Crippen MR) is 104 cm³/mol. The molecule has 2 heterocycles. The van der Waals surface area contributed by atoms with Crippen LogP contribution in [-0.2, 0) is 9.53 Å². The number of carboxylic acids is 1. The number of anilines is 1. The van der Waals surface area contributed by atoms with Gasteiger partial charge in [0.2, 0.25) is 5.62 Å². The second-order valence-electron chi connectivity index (χ2n) is 7.69. The maximum Gasteiger partial charge on any atom is 0.320 e. The smallest absolute Gasteiger partial charge is 0.320 e. The highest BCUT2D eigenvalue weighted by Crippen LogP contribution is 2.33. The molecule has 27 heavy (non-hydrogen) atoms. The van der Waals surface area contributed by atoms with E-state index in [1.807, 2.05) is 10.8 Å². The van der Waals surface area contributed by atoms with Gasteiger partial charge >= 0.3 is 5.97 Å². The van der Waals surface area contributed by atoms with Crippen molar-refractivity contribution in [3.05, 3.63) is 17.9 Å². The van der Waals surface area contributed by atoms with E-state index in [0.29, 0.717) is 42.7 Å². The minimum absolute atomic E-state index is 0.0801. The first-order valence-corrected chi connectivity index (χ1v) is 9.78. The number of hydrogen-bond donors (Lipinski definition) is 3. The minimum atomic E-state index is -0.967. The van der Waals surface area contributed by atoms with Crippen LogP contribution in [0.15, 0.2) is 17.3 Å². The lowest BCUT2D eigenvalue weighted by molar-refractivity contribution is -0.138. The van der Waals surface area contributed by atoms with Gasteiger partial charge in [0.15, 0.2) is 0 Å². The van der Waals surface area contributed by atoms with Crippen LogP contribution < -0.4 is 17.1 Å². The molecule has 8 nitrogen and oxygen atoms in total. The van der Waals surface area contributed by atoms with E-state index in [9.17, 15) is 4.79 Å². The highest BCUT2D eigenvalue weighted by molar-refractivity contribution is 5.72. The fourth-order valence-electron chi connectivity index (χ4n) is 3.22. The second-order valence-corrected chi connectivity index (χ2v) is 7.69. The number of hydrogen-bond acceptors (Lipinski definition) is 6. The SMILES string of the molecule is CC(C)C(C)C1CC[C@H](n2ccc(N)nc2=NCCCCC(N)C(=O)O)O1. The molecule has 4 atom stereocenters. The topological polar surface area (TPSA) is 129 Å². The number of nitrogen functional groups attached to an aromatic ring is 1. The fourth-order valence-corrected chi connectivity index (χ4v) is 3.22. The van der Waals surface area contributed by atoms with Crippen molar-refractivity contribution in [3.63, 3.8) is 0 Å².